The van der Waals surface area contributed by atoms with Crippen molar-refractivity contribution in [1.29, 1.82) is 0 Å². The first-order valence-electron chi connectivity index (χ1n) is 7.34. The molecule has 1 aromatic heterocycles. The number of hydrogen-bond acceptors (Lipinski definition) is 2. The number of halogens is 2. The van der Waals surface area contributed by atoms with Crippen LogP contribution in [-0.2, 0) is 6.54 Å². The predicted molar refractivity (Wildman–Crippen MR) is 98.5 cm³/mol. The van der Waals surface area contributed by atoms with Gasteiger partial charge in [-0.25, -0.2) is 4.68 Å². The molecule has 0 aliphatic rings. The third-order valence-electron chi connectivity index (χ3n) is 3.58. The zero-order chi connectivity index (χ0) is 17.1. The standard InChI is InChI=1S/C18H15BrClN3O/c1-22(18(24)16-8-7-14(19)9-17(16)20)11-13-10-21-23(12-13)15-5-3-2-4-6-15/h2-10,12H,11H2,1H3. The van der Waals surface area contributed by atoms with Crippen molar-refractivity contribution in [1.82, 2.24) is 14.7 Å². The van der Waals surface area contributed by atoms with E-state index in [0.29, 0.717) is 17.1 Å². The lowest BCUT2D eigenvalue weighted by Gasteiger charge is -2.17. The van der Waals surface area contributed by atoms with Crippen LogP contribution in [0.25, 0.3) is 5.69 Å². The van der Waals surface area contributed by atoms with E-state index >= 15 is 0 Å². The summed E-state index contributed by atoms with van der Waals surface area (Å²) in [5.74, 6) is -0.125. The van der Waals surface area contributed by atoms with Crippen molar-refractivity contribution >= 4 is 33.4 Å². The molecule has 3 rings (SSSR count). The molecule has 1 heterocycles. The number of carbonyl (C=O) groups is 1. The highest BCUT2D eigenvalue weighted by molar-refractivity contribution is 9.10. The van der Waals surface area contributed by atoms with Gasteiger partial charge >= 0.3 is 0 Å². The molecule has 6 heteroatoms. The fraction of sp³-hybridized carbons (Fsp3) is 0.111. The van der Waals surface area contributed by atoms with Crippen LogP contribution in [0.3, 0.4) is 0 Å². The SMILES string of the molecule is CN(Cc1cnn(-c2ccccc2)c1)C(=O)c1ccc(Br)cc1Cl. The van der Waals surface area contributed by atoms with Crippen molar-refractivity contribution in [2.24, 2.45) is 0 Å². The first kappa shape index (κ1) is 16.7. The molecule has 0 fully saturated rings. The minimum atomic E-state index is -0.125. The summed E-state index contributed by atoms with van der Waals surface area (Å²) in [6.07, 6.45) is 3.68. The summed E-state index contributed by atoms with van der Waals surface area (Å²) in [5.41, 5.74) is 2.41. The van der Waals surface area contributed by atoms with Gasteiger partial charge in [-0.05, 0) is 30.3 Å². The van der Waals surface area contributed by atoms with E-state index in [1.54, 1.807) is 41.0 Å². The first-order valence-corrected chi connectivity index (χ1v) is 8.51. The molecule has 24 heavy (non-hydrogen) atoms. The molecule has 0 aliphatic heterocycles. The topological polar surface area (TPSA) is 38.1 Å². The molecule has 0 aliphatic carbocycles. The monoisotopic (exact) mass is 403 g/mol. The number of hydrogen-bond donors (Lipinski definition) is 0. The van der Waals surface area contributed by atoms with Gasteiger partial charge in [0.25, 0.3) is 5.91 Å². The Hall–Kier alpha value is -2.11. The van der Waals surface area contributed by atoms with Gasteiger partial charge in [0, 0.05) is 29.8 Å². The van der Waals surface area contributed by atoms with Crippen molar-refractivity contribution < 1.29 is 4.79 Å². The number of nitrogens with zero attached hydrogens (tertiary/aromatic N) is 3. The van der Waals surface area contributed by atoms with Gasteiger partial charge in [0.2, 0.25) is 0 Å². The van der Waals surface area contributed by atoms with E-state index in [9.17, 15) is 4.79 Å². The highest BCUT2D eigenvalue weighted by Gasteiger charge is 2.16. The van der Waals surface area contributed by atoms with Gasteiger partial charge in [-0.2, -0.15) is 5.10 Å². The smallest absolute Gasteiger partial charge is 0.255 e. The third-order valence-corrected chi connectivity index (χ3v) is 4.39. The van der Waals surface area contributed by atoms with Gasteiger partial charge in [-0.3, -0.25) is 4.79 Å². The highest BCUT2D eigenvalue weighted by atomic mass is 79.9. The Bertz CT molecular complexity index is 864. The molecule has 0 saturated carbocycles. The Morgan fingerprint density at radius 3 is 2.71 bits per heavy atom. The Labute approximate surface area is 153 Å². The van der Waals surface area contributed by atoms with E-state index in [-0.39, 0.29) is 5.91 Å². The van der Waals surface area contributed by atoms with E-state index in [4.69, 9.17) is 11.6 Å². The second-order valence-electron chi connectivity index (χ2n) is 5.41. The Kier molecular flexibility index (Phi) is 5.02. The molecule has 0 spiro atoms. The van der Waals surface area contributed by atoms with Crippen molar-refractivity contribution in [2.45, 2.75) is 6.54 Å². The largest absolute Gasteiger partial charge is 0.337 e. The van der Waals surface area contributed by atoms with Gasteiger partial charge in [0.05, 0.1) is 22.5 Å². The summed E-state index contributed by atoms with van der Waals surface area (Å²) in [7, 11) is 1.75. The number of amides is 1. The summed E-state index contributed by atoms with van der Waals surface area (Å²) < 4.78 is 2.64. The number of carbonyl (C=O) groups excluding carboxylic acids is 1. The molecule has 0 N–H and O–H groups in total. The van der Waals surface area contributed by atoms with Crippen LogP contribution in [0.4, 0.5) is 0 Å². The summed E-state index contributed by atoms with van der Waals surface area (Å²) in [6.45, 7) is 0.456. The van der Waals surface area contributed by atoms with Crippen molar-refractivity contribution in [3.8, 4) is 5.69 Å². The quantitative estimate of drug-likeness (QED) is 0.639. The van der Waals surface area contributed by atoms with E-state index in [2.05, 4.69) is 21.0 Å². The summed E-state index contributed by atoms with van der Waals surface area (Å²) in [6, 6.07) is 15.1. The molecular weight excluding hydrogens is 390 g/mol. The van der Waals surface area contributed by atoms with Crippen LogP contribution in [0.2, 0.25) is 5.02 Å². The molecule has 1 amide bonds. The minimum Gasteiger partial charge on any atom is -0.337 e. The lowest BCUT2D eigenvalue weighted by molar-refractivity contribution is 0.0785. The molecule has 0 radical (unpaired) electrons. The maximum atomic E-state index is 12.6. The van der Waals surface area contributed by atoms with Crippen LogP contribution in [-0.4, -0.2) is 27.6 Å². The summed E-state index contributed by atoms with van der Waals surface area (Å²) >= 11 is 9.50. The minimum absolute atomic E-state index is 0.125. The van der Waals surface area contributed by atoms with Crippen LogP contribution < -0.4 is 0 Å². The van der Waals surface area contributed by atoms with Crippen LogP contribution in [0.1, 0.15) is 15.9 Å². The van der Waals surface area contributed by atoms with Crippen LogP contribution in [0.15, 0.2) is 65.4 Å². The molecule has 0 unspecified atom stereocenters. The van der Waals surface area contributed by atoms with Gasteiger partial charge in [0.1, 0.15) is 0 Å². The van der Waals surface area contributed by atoms with Crippen LogP contribution in [0, 0.1) is 0 Å². The number of aromatic nitrogens is 2. The lowest BCUT2D eigenvalue weighted by Crippen LogP contribution is -2.26. The zero-order valence-electron chi connectivity index (χ0n) is 13.0. The van der Waals surface area contributed by atoms with Crippen molar-refractivity contribution in [3.63, 3.8) is 0 Å². The lowest BCUT2D eigenvalue weighted by atomic mass is 10.2. The molecule has 2 aromatic carbocycles. The van der Waals surface area contributed by atoms with Gasteiger partial charge < -0.3 is 4.90 Å². The van der Waals surface area contributed by atoms with E-state index < -0.39 is 0 Å². The van der Waals surface area contributed by atoms with Gasteiger partial charge in [-0.15, -0.1) is 0 Å². The second-order valence-corrected chi connectivity index (χ2v) is 6.74. The fourth-order valence-electron chi connectivity index (χ4n) is 2.38. The number of para-hydroxylation sites is 1. The second kappa shape index (κ2) is 7.20. The van der Waals surface area contributed by atoms with E-state index in [0.717, 1.165) is 15.7 Å². The van der Waals surface area contributed by atoms with E-state index in [1.807, 2.05) is 36.5 Å². The summed E-state index contributed by atoms with van der Waals surface area (Å²) in [4.78, 5) is 14.2. The molecule has 4 nitrogen and oxygen atoms in total. The number of benzene rings is 2. The average Bonchev–Trinajstić information content (AvgIpc) is 3.03. The maximum absolute atomic E-state index is 12.6. The molecular formula is C18H15BrClN3O. The van der Waals surface area contributed by atoms with Crippen molar-refractivity contribution in [2.75, 3.05) is 7.05 Å². The fourth-order valence-corrected chi connectivity index (χ4v) is 3.13. The zero-order valence-corrected chi connectivity index (χ0v) is 15.3. The van der Waals surface area contributed by atoms with Crippen LogP contribution >= 0.6 is 27.5 Å². The number of rotatable bonds is 4. The third kappa shape index (κ3) is 3.68. The Balaban J connectivity index is 1.74. The van der Waals surface area contributed by atoms with E-state index in [1.165, 1.54) is 0 Å². The molecule has 0 saturated heterocycles. The molecule has 0 atom stereocenters. The predicted octanol–water partition coefficient (Wildman–Crippen LogP) is 4.56. The van der Waals surface area contributed by atoms with Crippen molar-refractivity contribution in [3.05, 3.63) is 81.5 Å². The Morgan fingerprint density at radius 1 is 1.25 bits per heavy atom. The molecule has 0 bridgehead atoms. The normalized spacial score (nSPS) is 10.6. The first-order chi connectivity index (χ1) is 11.5. The molecule has 122 valence electrons. The highest BCUT2D eigenvalue weighted by Crippen LogP contribution is 2.23. The van der Waals surface area contributed by atoms with Crippen LogP contribution in [0.5, 0.6) is 0 Å². The van der Waals surface area contributed by atoms with Gasteiger partial charge in [0.15, 0.2) is 0 Å². The maximum Gasteiger partial charge on any atom is 0.255 e. The average molecular weight is 405 g/mol. The summed E-state index contributed by atoms with van der Waals surface area (Å²) in [5, 5.41) is 4.78. The Morgan fingerprint density at radius 2 is 2.00 bits per heavy atom. The van der Waals surface area contributed by atoms with Gasteiger partial charge in [-0.1, -0.05) is 45.7 Å². The molecule has 3 aromatic rings.